The third-order valence-electron chi connectivity index (χ3n) is 3.40. The molecule has 2 aromatic carbocycles. The number of aromatic nitrogens is 4. The highest BCUT2D eigenvalue weighted by molar-refractivity contribution is 6.06. The molecule has 1 amide bonds. The number of carbonyl (C=O) groups is 1. The molecule has 0 atom stereocenters. The first-order valence-corrected chi connectivity index (χ1v) is 7.24. The largest absolute Gasteiger partial charge is 0.434 e. The fourth-order valence-electron chi connectivity index (χ4n) is 2.31. The van der Waals surface area contributed by atoms with Crippen LogP contribution in [0.4, 0.5) is 14.5 Å². The number of amides is 1. The van der Waals surface area contributed by atoms with Gasteiger partial charge in [0.25, 0.3) is 5.91 Å². The van der Waals surface area contributed by atoms with Gasteiger partial charge in [0.15, 0.2) is 0 Å². The van der Waals surface area contributed by atoms with Crippen LogP contribution >= 0.6 is 0 Å². The number of para-hydroxylation sites is 1. The summed E-state index contributed by atoms with van der Waals surface area (Å²) in [6, 6.07) is 10.9. The predicted octanol–water partition coefficient (Wildman–Crippen LogP) is 2.82. The number of benzene rings is 2. The number of nitrogens with zero attached hydrogens (tertiary/aromatic N) is 4. The molecule has 0 bridgehead atoms. The summed E-state index contributed by atoms with van der Waals surface area (Å²) >= 11 is 0. The predicted molar refractivity (Wildman–Crippen MR) is 84.9 cm³/mol. The van der Waals surface area contributed by atoms with Crippen LogP contribution in [0.15, 0.2) is 48.8 Å². The lowest BCUT2D eigenvalue weighted by atomic mass is 10.1. The first kappa shape index (κ1) is 16.5. The molecule has 0 spiro atoms. The zero-order valence-corrected chi connectivity index (χ0v) is 13.1. The van der Waals surface area contributed by atoms with Crippen LogP contribution in [0.3, 0.4) is 0 Å². The SMILES string of the molecule is Cc1cc(NC(=O)c2ccccc2OC(F)F)ccc1-n1cnnn1. The summed E-state index contributed by atoms with van der Waals surface area (Å²) in [6.45, 7) is -1.17. The van der Waals surface area contributed by atoms with Crippen LogP contribution < -0.4 is 10.1 Å². The van der Waals surface area contributed by atoms with Crippen molar-refractivity contribution in [3.8, 4) is 11.4 Å². The molecule has 7 nitrogen and oxygen atoms in total. The summed E-state index contributed by atoms with van der Waals surface area (Å²) in [6.07, 6.45) is 1.46. The lowest BCUT2D eigenvalue weighted by Crippen LogP contribution is -2.15. The molecule has 9 heteroatoms. The van der Waals surface area contributed by atoms with Crippen LogP contribution in [0.1, 0.15) is 15.9 Å². The molecule has 1 N–H and O–H groups in total. The van der Waals surface area contributed by atoms with E-state index in [2.05, 4.69) is 25.6 Å². The van der Waals surface area contributed by atoms with E-state index in [1.54, 1.807) is 24.3 Å². The molecule has 0 fully saturated rings. The van der Waals surface area contributed by atoms with E-state index in [0.29, 0.717) is 5.69 Å². The first-order valence-electron chi connectivity index (χ1n) is 7.24. The highest BCUT2D eigenvalue weighted by atomic mass is 19.3. The van der Waals surface area contributed by atoms with Crippen molar-refractivity contribution in [2.45, 2.75) is 13.5 Å². The molecule has 3 aromatic rings. The van der Waals surface area contributed by atoms with Crippen molar-refractivity contribution in [1.82, 2.24) is 20.2 Å². The summed E-state index contributed by atoms with van der Waals surface area (Å²) in [5.74, 6) is -0.733. The number of anilines is 1. The van der Waals surface area contributed by atoms with Crippen LogP contribution in [-0.2, 0) is 0 Å². The highest BCUT2D eigenvalue weighted by Gasteiger charge is 2.16. The van der Waals surface area contributed by atoms with E-state index in [-0.39, 0.29) is 11.3 Å². The fraction of sp³-hybridized carbons (Fsp3) is 0.125. The molecular weight excluding hydrogens is 332 g/mol. The Bertz CT molecular complexity index is 884. The van der Waals surface area contributed by atoms with Gasteiger partial charge in [-0.25, -0.2) is 4.68 Å². The van der Waals surface area contributed by atoms with E-state index in [9.17, 15) is 13.6 Å². The van der Waals surface area contributed by atoms with Crippen molar-refractivity contribution >= 4 is 11.6 Å². The molecule has 0 aliphatic carbocycles. The summed E-state index contributed by atoms with van der Waals surface area (Å²) in [7, 11) is 0. The summed E-state index contributed by atoms with van der Waals surface area (Å²) in [5, 5.41) is 13.6. The van der Waals surface area contributed by atoms with Gasteiger partial charge in [-0.1, -0.05) is 12.1 Å². The molecule has 3 rings (SSSR count). The van der Waals surface area contributed by atoms with Gasteiger partial charge in [-0.15, -0.1) is 5.10 Å². The van der Waals surface area contributed by atoms with Gasteiger partial charge in [0.2, 0.25) is 0 Å². The smallest absolute Gasteiger partial charge is 0.387 e. The van der Waals surface area contributed by atoms with Gasteiger partial charge in [-0.2, -0.15) is 8.78 Å². The quantitative estimate of drug-likeness (QED) is 0.769. The van der Waals surface area contributed by atoms with Gasteiger partial charge in [-0.3, -0.25) is 4.79 Å². The number of carbonyl (C=O) groups excluding carboxylic acids is 1. The Morgan fingerprint density at radius 3 is 2.72 bits per heavy atom. The number of hydrogen-bond donors (Lipinski definition) is 1. The average molecular weight is 345 g/mol. The van der Waals surface area contributed by atoms with Crippen LogP contribution in [0, 0.1) is 6.92 Å². The molecule has 1 aromatic heterocycles. The minimum absolute atomic E-state index is 0.0185. The van der Waals surface area contributed by atoms with E-state index < -0.39 is 12.5 Å². The molecule has 1 heterocycles. The molecule has 128 valence electrons. The minimum atomic E-state index is -3.01. The van der Waals surface area contributed by atoms with Gasteiger partial charge >= 0.3 is 6.61 Å². The van der Waals surface area contributed by atoms with E-state index in [1.807, 2.05) is 6.92 Å². The number of hydrogen-bond acceptors (Lipinski definition) is 5. The number of ether oxygens (including phenoxy) is 1. The van der Waals surface area contributed by atoms with Crippen LogP contribution in [0.25, 0.3) is 5.69 Å². The van der Waals surface area contributed by atoms with Gasteiger partial charge in [0.1, 0.15) is 12.1 Å². The second-order valence-electron chi connectivity index (χ2n) is 5.08. The van der Waals surface area contributed by atoms with Gasteiger partial charge < -0.3 is 10.1 Å². The summed E-state index contributed by atoms with van der Waals surface area (Å²) in [4.78, 5) is 12.4. The number of halogens is 2. The minimum Gasteiger partial charge on any atom is -0.434 e. The van der Waals surface area contributed by atoms with Crippen molar-refractivity contribution in [2.75, 3.05) is 5.32 Å². The Kier molecular flexibility index (Phi) is 4.64. The van der Waals surface area contributed by atoms with Crippen molar-refractivity contribution in [2.24, 2.45) is 0 Å². The second-order valence-corrected chi connectivity index (χ2v) is 5.08. The van der Waals surface area contributed by atoms with E-state index in [1.165, 1.54) is 29.2 Å². The van der Waals surface area contributed by atoms with Crippen molar-refractivity contribution < 1.29 is 18.3 Å². The van der Waals surface area contributed by atoms with Crippen LogP contribution in [0.2, 0.25) is 0 Å². The highest BCUT2D eigenvalue weighted by Crippen LogP contribution is 2.23. The maximum atomic E-state index is 12.5. The van der Waals surface area contributed by atoms with Gasteiger partial charge in [0.05, 0.1) is 11.3 Å². The van der Waals surface area contributed by atoms with Crippen LogP contribution in [-0.4, -0.2) is 32.7 Å². The third kappa shape index (κ3) is 3.77. The summed E-state index contributed by atoms with van der Waals surface area (Å²) < 4.78 is 30.8. The molecule has 0 aliphatic rings. The third-order valence-corrected chi connectivity index (χ3v) is 3.40. The lowest BCUT2D eigenvalue weighted by molar-refractivity contribution is -0.0501. The molecular formula is C16H13F2N5O2. The molecule has 25 heavy (non-hydrogen) atoms. The first-order chi connectivity index (χ1) is 12.0. The lowest BCUT2D eigenvalue weighted by Gasteiger charge is -2.12. The monoisotopic (exact) mass is 345 g/mol. The van der Waals surface area contributed by atoms with E-state index >= 15 is 0 Å². The average Bonchev–Trinajstić information content (AvgIpc) is 3.09. The standard InChI is InChI=1S/C16H13F2N5O2/c1-10-8-11(6-7-13(10)23-9-19-21-22-23)20-15(24)12-4-2-3-5-14(12)25-16(17)18/h2-9,16H,1H3,(H,20,24). The van der Waals surface area contributed by atoms with E-state index in [4.69, 9.17) is 0 Å². The normalized spacial score (nSPS) is 10.7. The Hall–Kier alpha value is -3.36. The van der Waals surface area contributed by atoms with Crippen molar-refractivity contribution in [3.63, 3.8) is 0 Å². The molecule has 0 radical (unpaired) electrons. The Morgan fingerprint density at radius 1 is 1.24 bits per heavy atom. The zero-order chi connectivity index (χ0) is 17.8. The molecule has 0 aliphatic heterocycles. The topological polar surface area (TPSA) is 81.9 Å². The number of alkyl halides is 2. The van der Waals surface area contributed by atoms with E-state index in [0.717, 1.165) is 11.3 Å². The zero-order valence-electron chi connectivity index (χ0n) is 13.1. The number of rotatable bonds is 5. The maximum Gasteiger partial charge on any atom is 0.387 e. The Balaban J connectivity index is 1.81. The van der Waals surface area contributed by atoms with Crippen molar-refractivity contribution in [1.29, 1.82) is 0 Å². The molecule has 0 unspecified atom stereocenters. The fourth-order valence-corrected chi connectivity index (χ4v) is 2.31. The Labute approximate surface area is 141 Å². The number of nitrogens with one attached hydrogen (secondary N) is 1. The summed E-state index contributed by atoms with van der Waals surface area (Å²) in [5.41, 5.74) is 2.10. The van der Waals surface area contributed by atoms with Gasteiger partial charge in [0, 0.05) is 5.69 Å². The van der Waals surface area contributed by atoms with Crippen LogP contribution in [0.5, 0.6) is 5.75 Å². The van der Waals surface area contributed by atoms with Crippen molar-refractivity contribution in [3.05, 3.63) is 59.9 Å². The van der Waals surface area contributed by atoms with Gasteiger partial charge in [-0.05, 0) is 53.2 Å². The number of tetrazole rings is 1. The number of aryl methyl sites for hydroxylation is 1. The maximum absolute atomic E-state index is 12.5. The molecule has 0 saturated carbocycles. The second kappa shape index (κ2) is 7.04. The Morgan fingerprint density at radius 2 is 2.04 bits per heavy atom. The molecule has 0 saturated heterocycles.